The van der Waals surface area contributed by atoms with Gasteiger partial charge in [0, 0.05) is 5.56 Å². The Bertz CT molecular complexity index is 835. The van der Waals surface area contributed by atoms with Gasteiger partial charge in [-0.1, -0.05) is 30.3 Å². The number of ether oxygens (including phenoxy) is 1. The van der Waals surface area contributed by atoms with Gasteiger partial charge in [-0.25, -0.2) is 14.8 Å². The SMILES string of the molecule is COc1ccc(-c2ccccc2)c2ncc(NC(=O)O)nc12. The first-order valence-electron chi connectivity index (χ1n) is 6.58. The van der Waals surface area contributed by atoms with E-state index in [9.17, 15) is 4.79 Å². The predicted octanol–water partition coefficient (Wildman–Crippen LogP) is 3.40. The fraction of sp³-hybridized carbons (Fsp3) is 0.0625. The number of aromatic nitrogens is 2. The maximum Gasteiger partial charge on any atom is 0.410 e. The molecule has 6 heteroatoms. The minimum Gasteiger partial charge on any atom is -0.494 e. The van der Waals surface area contributed by atoms with Crippen molar-refractivity contribution in [3.63, 3.8) is 0 Å². The Morgan fingerprint density at radius 1 is 1.14 bits per heavy atom. The van der Waals surface area contributed by atoms with Crippen LogP contribution in [-0.4, -0.2) is 28.3 Å². The van der Waals surface area contributed by atoms with Gasteiger partial charge in [-0.3, -0.25) is 5.32 Å². The zero-order valence-electron chi connectivity index (χ0n) is 11.8. The molecule has 0 saturated heterocycles. The van der Waals surface area contributed by atoms with Crippen LogP contribution in [0.1, 0.15) is 0 Å². The average Bonchev–Trinajstić information content (AvgIpc) is 2.54. The molecule has 1 aromatic heterocycles. The van der Waals surface area contributed by atoms with Crippen molar-refractivity contribution in [2.75, 3.05) is 12.4 Å². The Balaban J connectivity index is 2.22. The van der Waals surface area contributed by atoms with Crippen molar-refractivity contribution in [1.29, 1.82) is 0 Å². The van der Waals surface area contributed by atoms with Crippen LogP contribution in [0, 0.1) is 0 Å². The Hall–Kier alpha value is -3.15. The second-order valence-corrected chi connectivity index (χ2v) is 4.56. The maximum atomic E-state index is 10.7. The molecule has 0 fully saturated rings. The summed E-state index contributed by atoms with van der Waals surface area (Å²) in [5.41, 5.74) is 3.07. The van der Waals surface area contributed by atoms with E-state index in [1.54, 1.807) is 6.07 Å². The van der Waals surface area contributed by atoms with Crippen LogP contribution in [0.4, 0.5) is 10.6 Å². The van der Waals surface area contributed by atoms with Crippen molar-refractivity contribution < 1.29 is 14.6 Å². The number of fused-ring (bicyclic) bond motifs is 1. The molecule has 2 N–H and O–H groups in total. The van der Waals surface area contributed by atoms with Crippen molar-refractivity contribution in [2.24, 2.45) is 0 Å². The summed E-state index contributed by atoms with van der Waals surface area (Å²) >= 11 is 0. The van der Waals surface area contributed by atoms with Gasteiger partial charge in [0.15, 0.2) is 5.82 Å². The third kappa shape index (κ3) is 2.54. The Labute approximate surface area is 126 Å². The fourth-order valence-electron chi connectivity index (χ4n) is 2.26. The molecule has 1 heterocycles. The molecule has 0 saturated carbocycles. The molecular weight excluding hydrogens is 282 g/mol. The van der Waals surface area contributed by atoms with Crippen molar-refractivity contribution in [1.82, 2.24) is 9.97 Å². The van der Waals surface area contributed by atoms with E-state index in [1.165, 1.54) is 13.3 Å². The molecule has 3 rings (SSSR count). The number of benzene rings is 2. The number of anilines is 1. The average molecular weight is 295 g/mol. The normalized spacial score (nSPS) is 10.4. The first-order chi connectivity index (χ1) is 10.7. The zero-order chi connectivity index (χ0) is 15.5. The number of methoxy groups -OCH3 is 1. The van der Waals surface area contributed by atoms with Crippen LogP contribution in [0.25, 0.3) is 22.2 Å². The van der Waals surface area contributed by atoms with Gasteiger partial charge in [0.25, 0.3) is 0 Å². The van der Waals surface area contributed by atoms with E-state index in [-0.39, 0.29) is 5.82 Å². The van der Waals surface area contributed by atoms with Crippen LogP contribution in [0.5, 0.6) is 5.75 Å². The number of nitrogens with one attached hydrogen (secondary N) is 1. The Kier molecular flexibility index (Phi) is 3.57. The van der Waals surface area contributed by atoms with Gasteiger partial charge in [0.1, 0.15) is 16.8 Å². The van der Waals surface area contributed by atoms with Gasteiger partial charge < -0.3 is 9.84 Å². The van der Waals surface area contributed by atoms with Gasteiger partial charge >= 0.3 is 6.09 Å². The third-order valence-corrected chi connectivity index (χ3v) is 3.20. The summed E-state index contributed by atoms with van der Waals surface area (Å²) in [6, 6.07) is 13.5. The Morgan fingerprint density at radius 3 is 2.59 bits per heavy atom. The lowest BCUT2D eigenvalue weighted by Gasteiger charge is -2.10. The first kappa shape index (κ1) is 13.8. The highest BCUT2D eigenvalue weighted by Crippen LogP contribution is 2.32. The molecule has 6 nitrogen and oxygen atoms in total. The van der Waals surface area contributed by atoms with Gasteiger partial charge in [-0.05, 0) is 17.7 Å². The molecule has 0 unspecified atom stereocenters. The largest absolute Gasteiger partial charge is 0.494 e. The van der Waals surface area contributed by atoms with E-state index in [2.05, 4.69) is 15.3 Å². The summed E-state index contributed by atoms with van der Waals surface area (Å²) in [5, 5.41) is 11.0. The highest BCUT2D eigenvalue weighted by Gasteiger charge is 2.12. The third-order valence-electron chi connectivity index (χ3n) is 3.20. The summed E-state index contributed by atoms with van der Waals surface area (Å²) in [5.74, 6) is 0.694. The standard InChI is InChI=1S/C16H13N3O3/c1-22-12-8-7-11(10-5-3-2-4-6-10)14-15(12)18-13(9-17-14)19-16(20)21/h2-9H,1H3,(H,18,19)(H,20,21). The molecule has 0 aliphatic carbocycles. The lowest BCUT2D eigenvalue weighted by Crippen LogP contribution is -2.09. The van der Waals surface area contributed by atoms with Crippen LogP contribution in [0.3, 0.4) is 0 Å². The lowest BCUT2D eigenvalue weighted by molar-refractivity contribution is 0.209. The van der Waals surface area contributed by atoms with E-state index < -0.39 is 6.09 Å². The molecule has 3 aromatic rings. The number of carboxylic acid groups (broad SMARTS) is 1. The minimum atomic E-state index is -1.19. The second kappa shape index (κ2) is 5.69. The molecule has 0 spiro atoms. The topological polar surface area (TPSA) is 84.3 Å². The van der Waals surface area contributed by atoms with Gasteiger partial charge in [-0.15, -0.1) is 0 Å². The number of amides is 1. The highest BCUT2D eigenvalue weighted by atomic mass is 16.5. The van der Waals surface area contributed by atoms with Crippen LogP contribution >= 0.6 is 0 Å². The van der Waals surface area contributed by atoms with E-state index in [1.807, 2.05) is 36.4 Å². The van der Waals surface area contributed by atoms with Gasteiger partial charge in [0.2, 0.25) is 0 Å². The summed E-state index contributed by atoms with van der Waals surface area (Å²) in [7, 11) is 1.54. The van der Waals surface area contributed by atoms with Crippen molar-refractivity contribution in [2.45, 2.75) is 0 Å². The quantitative estimate of drug-likeness (QED) is 0.773. The predicted molar refractivity (Wildman–Crippen MR) is 83.2 cm³/mol. The van der Waals surface area contributed by atoms with E-state index in [0.29, 0.717) is 16.8 Å². The minimum absolute atomic E-state index is 0.156. The van der Waals surface area contributed by atoms with Crippen LogP contribution < -0.4 is 10.1 Å². The molecule has 110 valence electrons. The second-order valence-electron chi connectivity index (χ2n) is 4.56. The molecule has 0 atom stereocenters. The number of carbonyl (C=O) groups is 1. The molecular formula is C16H13N3O3. The summed E-state index contributed by atoms with van der Waals surface area (Å²) in [6.07, 6.45) is 0.203. The van der Waals surface area contributed by atoms with E-state index in [4.69, 9.17) is 9.84 Å². The summed E-state index contributed by atoms with van der Waals surface area (Å²) < 4.78 is 5.30. The highest BCUT2D eigenvalue weighted by molar-refractivity contribution is 5.96. The van der Waals surface area contributed by atoms with Crippen LogP contribution in [0.15, 0.2) is 48.7 Å². The number of rotatable bonds is 3. The molecule has 0 aliphatic heterocycles. The molecule has 0 aliphatic rings. The van der Waals surface area contributed by atoms with Crippen molar-refractivity contribution in [3.8, 4) is 16.9 Å². The van der Waals surface area contributed by atoms with Crippen LogP contribution in [-0.2, 0) is 0 Å². The summed E-state index contributed by atoms with van der Waals surface area (Å²) in [4.78, 5) is 19.4. The smallest absolute Gasteiger partial charge is 0.410 e. The number of nitrogens with zero attached hydrogens (tertiary/aromatic N) is 2. The van der Waals surface area contributed by atoms with Crippen molar-refractivity contribution in [3.05, 3.63) is 48.7 Å². The van der Waals surface area contributed by atoms with E-state index >= 15 is 0 Å². The van der Waals surface area contributed by atoms with E-state index in [0.717, 1.165) is 11.1 Å². The van der Waals surface area contributed by atoms with Gasteiger partial charge in [0.05, 0.1) is 13.3 Å². The lowest BCUT2D eigenvalue weighted by atomic mass is 10.0. The Morgan fingerprint density at radius 2 is 1.91 bits per heavy atom. The summed E-state index contributed by atoms with van der Waals surface area (Å²) in [6.45, 7) is 0. The fourth-order valence-corrected chi connectivity index (χ4v) is 2.26. The number of hydrogen-bond acceptors (Lipinski definition) is 4. The maximum absolute atomic E-state index is 10.7. The molecule has 0 radical (unpaired) electrons. The van der Waals surface area contributed by atoms with Crippen molar-refractivity contribution >= 4 is 22.9 Å². The molecule has 22 heavy (non-hydrogen) atoms. The van der Waals surface area contributed by atoms with Crippen LogP contribution in [0.2, 0.25) is 0 Å². The molecule has 1 amide bonds. The molecule has 2 aromatic carbocycles. The monoisotopic (exact) mass is 295 g/mol. The number of hydrogen-bond donors (Lipinski definition) is 2. The first-order valence-corrected chi connectivity index (χ1v) is 6.58. The molecule has 0 bridgehead atoms. The van der Waals surface area contributed by atoms with Gasteiger partial charge in [-0.2, -0.15) is 0 Å². The zero-order valence-corrected chi connectivity index (χ0v) is 11.8.